The zero-order valence-electron chi connectivity index (χ0n) is 26.1. The molecule has 5 heteroatoms. The third-order valence-electron chi connectivity index (χ3n) is 6.85. The lowest BCUT2D eigenvalue weighted by Gasteiger charge is -2.17. The number of ketones is 1. The van der Waals surface area contributed by atoms with Crippen molar-refractivity contribution in [3.05, 3.63) is 215 Å². The maximum absolute atomic E-state index is 11.8. The number of hydrogen-bond acceptors (Lipinski definition) is 5. The zero-order valence-corrected chi connectivity index (χ0v) is 26.1. The first-order chi connectivity index (χ1) is 22.7. The molecular formula is C41H38N2O3. The molecule has 46 heavy (non-hydrogen) atoms. The van der Waals surface area contributed by atoms with Gasteiger partial charge in [-0.2, -0.15) is 5.48 Å². The van der Waals surface area contributed by atoms with Gasteiger partial charge < -0.3 is 9.68 Å². The fourth-order valence-electron chi connectivity index (χ4n) is 4.64. The lowest BCUT2D eigenvalue weighted by Crippen LogP contribution is -2.20. The van der Waals surface area contributed by atoms with E-state index in [1.54, 1.807) is 14.2 Å². The molecule has 0 aliphatic rings. The molecule has 1 N–H and O–H groups in total. The van der Waals surface area contributed by atoms with Crippen molar-refractivity contribution in [1.82, 2.24) is 5.48 Å². The minimum absolute atomic E-state index is 0.0752. The second kappa shape index (κ2) is 18.9. The molecule has 5 nitrogen and oxygen atoms in total. The van der Waals surface area contributed by atoms with Gasteiger partial charge in [0.1, 0.15) is 12.8 Å². The molecule has 0 saturated carbocycles. The molecule has 0 fully saturated rings. The zero-order chi connectivity index (χ0) is 32.2. The topological polar surface area (TPSA) is 59.9 Å². The van der Waals surface area contributed by atoms with Crippen molar-refractivity contribution in [3.63, 3.8) is 0 Å². The van der Waals surface area contributed by atoms with Gasteiger partial charge in [0.25, 0.3) is 0 Å². The molecule has 0 radical (unpaired) electrons. The molecule has 0 atom stereocenters. The van der Waals surface area contributed by atoms with Crippen LogP contribution in [0.3, 0.4) is 0 Å². The number of carbonyl (C=O) groups is 1. The third-order valence-corrected chi connectivity index (χ3v) is 6.85. The van der Waals surface area contributed by atoms with Gasteiger partial charge in [0.15, 0.2) is 5.78 Å². The Kier molecular flexibility index (Phi) is 13.7. The van der Waals surface area contributed by atoms with Crippen molar-refractivity contribution < 1.29 is 14.5 Å². The third kappa shape index (κ3) is 10.2. The number of hydroxylamine groups is 1. The summed E-state index contributed by atoms with van der Waals surface area (Å²) in [5, 5.41) is 4.08. The summed E-state index contributed by atoms with van der Waals surface area (Å²) in [6.45, 7) is 0. The monoisotopic (exact) mass is 606 g/mol. The van der Waals surface area contributed by atoms with E-state index < -0.39 is 0 Å². The van der Waals surface area contributed by atoms with Crippen LogP contribution in [-0.4, -0.2) is 25.7 Å². The molecule has 0 heterocycles. The Hall–Kier alpha value is -5.62. The summed E-state index contributed by atoms with van der Waals surface area (Å²) in [5.74, 6) is 0.0752. The van der Waals surface area contributed by atoms with Crippen molar-refractivity contribution in [3.8, 4) is 0 Å². The van der Waals surface area contributed by atoms with Gasteiger partial charge in [-0.1, -0.05) is 187 Å². The SMILES string of the molecule is CON=C(c1ccccc1)c1ccccc1.CONC(c1ccccc1)c1ccccc1.O=C(c1ccccc1)c1ccccc1. The number of carbonyl (C=O) groups excluding carboxylic acids is 1. The largest absolute Gasteiger partial charge is 0.399 e. The fourth-order valence-corrected chi connectivity index (χ4v) is 4.64. The van der Waals surface area contributed by atoms with Crippen LogP contribution in [0, 0.1) is 0 Å². The molecule has 0 saturated heterocycles. The summed E-state index contributed by atoms with van der Waals surface area (Å²) in [6, 6.07) is 59.2. The normalized spacial score (nSPS) is 9.98. The van der Waals surface area contributed by atoms with Crippen LogP contribution in [0.5, 0.6) is 0 Å². The van der Waals surface area contributed by atoms with Crippen LogP contribution in [0.25, 0.3) is 0 Å². The van der Waals surface area contributed by atoms with E-state index in [0.717, 1.165) is 28.0 Å². The smallest absolute Gasteiger partial charge is 0.193 e. The number of rotatable bonds is 9. The van der Waals surface area contributed by atoms with E-state index >= 15 is 0 Å². The van der Waals surface area contributed by atoms with Crippen LogP contribution in [0.1, 0.15) is 44.2 Å². The highest BCUT2D eigenvalue weighted by Gasteiger charge is 2.12. The Morgan fingerprint density at radius 3 is 1.09 bits per heavy atom. The first kappa shape index (κ1) is 33.3. The molecule has 0 spiro atoms. The van der Waals surface area contributed by atoms with E-state index in [9.17, 15) is 4.79 Å². The number of hydrogen-bond donors (Lipinski definition) is 1. The second-order valence-electron chi connectivity index (χ2n) is 9.99. The van der Waals surface area contributed by atoms with E-state index in [2.05, 4.69) is 34.9 Å². The first-order valence-electron chi connectivity index (χ1n) is 15.0. The van der Waals surface area contributed by atoms with Crippen molar-refractivity contribution >= 4 is 11.5 Å². The number of oxime groups is 1. The molecule has 0 bridgehead atoms. The molecule has 0 aliphatic heterocycles. The maximum Gasteiger partial charge on any atom is 0.193 e. The fraction of sp³-hybridized carbons (Fsp3) is 0.0732. The van der Waals surface area contributed by atoms with Gasteiger partial charge in [-0.15, -0.1) is 0 Å². The molecule has 0 unspecified atom stereocenters. The van der Waals surface area contributed by atoms with Crippen LogP contribution in [-0.2, 0) is 9.68 Å². The molecular weight excluding hydrogens is 568 g/mol. The minimum atomic E-state index is 0.0752. The van der Waals surface area contributed by atoms with Gasteiger partial charge in [0, 0.05) is 22.3 Å². The van der Waals surface area contributed by atoms with Crippen LogP contribution >= 0.6 is 0 Å². The molecule has 6 rings (SSSR count). The van der Waals surface area contributed by atoms with Crippen molar-refractivity contribution in [2.45, 2.75) is 6.04 Å². The van der Waals surface area contributed by atoms with Crippen LogP contribution in [0.2, 0.25) is 0 Å². The summed E-state index contributed by atoms with van der Waals surface area (Å²) in [4.78, 5) is 21.8. The van der Waals surface area contributed by atoms with E-state index in [1.807, 2.05) is 158 Å². The Morgan fingerprint density at radius 2 is 0.783 bits per heavy atom. The average molecular weight is 607 g/mol. The molecule has 230 valence electrons. The molecule has 0 amide bonds. The predicted molar refractivity (Wildman–Crippen MR) is 187 cm³/mol. The van der Waals surface area contributed by atoms with Crippen molar-refractivity contribution in [2.75, 3.05) is 14.2 Å². The number of nitrogens with one attached hydrogen (secondary N) is 1. The van der Waals surface area contributed by atoms with Gasteiger partial charge in [-0.05, 0) is 11.1 Å². The quantitative estimate of drug-likeness (QED) is 0.101. The summed E-state index contributed by atoms with van der Waals surface area (Å²) in [5.41, 5.74) is 9.82. The Labute approximate surface area is 271 Å². The molecule has 0 aliphatic carbocycles. The highest BCUT2D eigenvalue weighted by atomic mass is 16.6. The van der Waals surface area contributed by atoms with Crippen LogP contribution < -0.4 is 5.48 Å². The van der Waals surface area contributed by atoms with Gasteiger partial charge in [0.2, 0.25) is 0 Å². The van der Waals surface area contributed by atoms with E-state index in [4.69, 9.17) is 9.68 Å². The molecule has 6 aromatic carbocycles. The van der Waals surface area contributed by atoms with Crippen LogP contribution in [0.4, 0.5) is 0 Å². The summed E-state index contributed by atoms with van der Waals surface area (Å²) in [6.07, 6.45) is 0. The number of benzene rings is 6. The lowest BCUT2D eigenvalue weighted by atomic mass is 10.00. The van der Waals surface area contributed by atoms with Gasteiger partial charge in [0.05, 0.1) is 13.2 Å². The standard InChI is InChI=1S/C14H15NO.C14H13NO.C13H10O/c2*1-16-15-14(12-8-4-2-5-9-12)13-10-6-3-7-11-13;14-13(11-7-3-1-4-8-11)12-9-5-2-6-10-12/h2-11,14-15H,1H3;2-11H,1H3;1-10H. The number of nitrogens with zero attached hydrogens (tertiary/aromatic N) is 1. The summed E-state index contributed by atoms with van der Waals surface area (Å²) in [7, 11) is 3.20. The molecule has 6 aromatic rings. The Morgan fingerprint density at radius 1 is 0.478 bits per heavy atom. The minimum Gasteiger partial charge on any atom is -0.399 e. The second-order valence-corrected chi connectivity index (χ2v) is 9.99. The van der Waals surface area contributed by atoms with Crippen LogP contribution in [0.15, 0.2) is 187 Å². The van der Waals surface area contributed by atoms with Gasteiger partial charge in [-0.25, -0.2) is 0 Å². The van der Waals surface area contributed by atoms with Crippen molar-refractivity contribution in [2.24, 2.45) is 5.16 Å². The van der Waals surface area contributed by atoms with E-state index in [0.29, 0.717) is 0 Å². The van der Waals surface area contributed by atoms with E-state index in [1.165, 1.54) is 11.1 Å². The van der Waals surface area contributed by atoms with Crippen molar-refractivity contribution in [1.29, 1.82) is 0 Å². The maximum atomic E-state index is 11.8. The lowest BCUT2D eigenvalue weighted by molar-refractivity contribution is 0.0716. The Bertz CT molecular complexity index is 1590. The van der Waals surface area contributed by atoms with E-state index in [-0.39, 0.29) is 11.8 Å². The summed E-state index contributed by atoms with van der Waals surface area (Å²) < 4.78 is 0. The molecule has 0 aromatic heterocycles. The predicted octanol–water partition coefficient (Wildman–Crippen LogP) is 8.93. The average Bonchev–Trinajstić information content (AvgIpc) is 3.15. The van der Waals surface area contributed by atoms with Gasteiger partial charge in [-0.3, -0.25) is 4.79 Å². The van der Waals surface area contributed by atoms with Gasteiger partial charge >= 0.3 is 0 Å². The first-order valence-corrected chi connectivity index (χ1v) is 15.0. The summed E-state index contributed by atoms with van der Waals surface area (Å²) >= 11 is 0. The highest BCUT2D eigenvalue weighted by molar-refractivity contribution is 6.12. The highest BCUT2D eigenvalue weighted by Crippen LogP contribution is 2.21. The Balaban J connectivity index is 0.000000157.